The maximum absolute atomic E-state index is 14.0. The second-order valence-electron chi connectivity index (χ2n) is 5.92. The lowest BCUT2D eigenvalue weighted by Gasteiger charge is -2.13. The lowest BCUT2D eigenvalue weighted by molar-refractivity contribution is -0.140. The number of aromatic amines is 1. The van der Waals surface area contributed by atoms with Gasteiger partial charge in [-0.3, -0.25) is 4.72 Å². The van der Waals surface area contributed by atoms with E-state index in [1.807, 2.05) is 0 Å². The summed E-state index contributed by atoms with van der Waals surface area (Å²) in [6.07, 6.45) is -2.28. The minimum atomic E-state index is -5.11. The number of rotatable bonds is 5. The zero-order valence-electron chi connectivity index (χ0n) is 14.0. The molecule has 10 heteroatoms. The molecule has 2 aromatic carbocycles. The molecule has 0 aliphatic heterocycles. The molecule has 1 heterocycles. The molecule has 148 valence electrons. The molecule has 0 aliphatic rings. The van der Waals surface area contributed by atoms with Crippen LogP contribution in [-0.2, 0) is 22.6 Å². The molecule has 0 aliphatic carbocycles. The summed E-state index contributed by atoms with van der Waals surface area (Å²) in [6.45, 7) is 0. The third kappa shape index (κ3) is 4.16. The van der Waals surface area contributed by atoms with E-state index in [-0.39, 0.29) is 23.4 Å². The van der Waals surface area contributed by atoms with Gasteiger partial charge >= 0.3 is 6.18 Å². The number of nitrogens with one attached hydrogen (secondary N) is 2. The van der Waals surface area contributed by atoms with Crippen LogP contribution in [0.2, 0.25) is 0 Å². The first-order chi connectivity index (χ1) is 13.1. The minimum absolute atomic E-state index is 0.0881. The van der Waals surface area contributed by atoms with Crippen molar-refractivity contribution in [3.05, 3.63) is 83.2 Å². The van der Waals surface area contributed by atoms with Crippen molar-refractivity contribution in [1.29, 1.82) is 0 Å². The zero-order chi connectivity index (χ0) is 20.5. The highest BCUT2D eigenvalue weighted by Crippen LogP contribution is 2.34. The summed E-state index contributed by atoms with van der Waals surface area (Å²) in [5, 5.41) is 0. The van der Waals surface area contributed by atoms with Gasteiger partial charge in [0.1, 0.15) is 16.5 Å². The summed E-state index contributed by atoms with van der Waals surface area (Å²) < 4.78 is 92.5. The van der Waals surface area contributed by atoms with Crippen molar-refractivity contribution in [2.75, 3.05) is 4.72 Å². The third-order valence-corrected chi connectivity index (χ3v) is 5.37. The fourth-order valence-corrected chi connectivity index (χ4v) is 3.88. The first-order valence-corrected chi connectivity index (χ1v) is 9.35. The Hall–Kier alpha value is -2.88. The van der Waals surface area contributed by atoms with Gasteiger partial charge in [0.2, 0.25) is 0 Å². The van der Waals surface area contributed by atoms with Crippen molar-refractivity contribution in [3.63, 3.8) is 0 Å². The van der Waals surface area contributed by atoms with E-state index in [0.29, 0.717) is 5.56 Å². The summed E-state index contributed by atoms with van der Waals surface area (Å²) in [7, 11) is -4.38. The van der Waals surface area contributed by atoms with Crippen molar-refractivity contribution in [2.45, 2.75) is 17.5 Å². The standard InChI is InChI=1S/C18H13F5N2O2S/c19-14-8-16(15(20)7-13(14)18(21,22)23)25-28(26,27)17-10-24-9-12(17)6-11-4-2-1-3-5-11/h1-5,7-10,24-25H,6H2. The van der Waals surface area contributed by atoms with Crippen LogP contribution < -0.4 is 4.72 Å². The highest BCUT2D eigenvalue weighted by atomic mass is 32.2. The number of alkyl halides is 3. The van der Waals surface area contributed by atoms with Gasteiger partial charge in [-0.05, 0) is 17.2 Å². The van der Waals surface area contributed by atoms with Gasteiger partial charge in [0.25, 0.3) is 10.0 Å². The molecule has 3 rings (SSSR count). The Morgan fingerprint density at radius 1 is 0.964 bits per heavy atom. The number of hydrogen-bond acceptors (Lipinski definition) is 2. The SMILES string of the molecule is O=S(=O)(Nc1cc(F)c(C(F)(F)F)cc1F)c1c[nH]cc1Cc1ccccc1. The Kier molecular flexibility index (Phi) is 5.16. The van der Waals surface area contributed by atoms with Crippen LogP contribution in [0.3, 0.4) is 0 Å². The van der Waals surface area contributed by atoms with Crippen LogP contribution in [0.4, 0.5) is 27.6 Å². The molecule has 0 saturated carbocycles. The third-order valence-electron chi connectivity index (χ3n) is 3.92. The van der Waals surface area contributed by atoms with Crippen molar-refractivity contribution < 1.29 is 30.4 Å². The predicted octanol–water partition coefficient (Wildman–Crippen LogP) is 4.70. The summed E-state index contributed by atoms with van der Waals surface area (Å²) >= 11 is 0. The van der Waals surface area contributed by atoms with Gasteiger partial charge in [-0.25, -0.2) is 17.2 Å². The van der Waals surface area contributed by atoms with Gasteiger partial charge in [-0.2, -0.15) is 13.2 Å². The lowest BCUT2D eigenvalue weighted by atomic mass is 10.1. The first-order valence-electron chi connectivity index (χ1n) is 7.86. The number of halogens is 5. The lowest BCUT2D eigenvalue weighted by Crippen LogP contribution is -2.16. The van der Waals surface area contributed by atoms with Gasteiger partial charge in [-0.1, -0.05) is 30.3 Å². The highest BCUT2D eigenvalue weighted by molar-refractivity contribution is 7.92. The molecule has 2 N–H and O–H groups in total. The van der Waals surface area contributed by atoms with Gasteiger partial charge in [0, 0.05) is 24.9 Å². The molecular weight excluding hydrogens is 403 g/mol. The zero-order valence-corrected chi connectivity index (χ0v) is 14.8. The molecule has 28 heavy (non-hydrogen) atoms. The Bertz CT molecular complexity index is 1090. The van der Waals surface area contributed by atoms with Crippen LogP contribution >= 0.6 is 0 Å². The van der Waals surface area contributed by atoms with E-state index in [9.17, 15) is 30.4 Å². The van der Waals surface area contributed by atoms with Crippen molar-refractivity contribution in [1.82, 2.24) is 4.98 Å². The maximum atomic E-state index is 14.0. The van der Waals surface area contributed by atoms with E-state index in [1.54, 1.807) is 35.1 Å². The second kappa shape index (κ2) is 7.27. The Labute approximate surface area is 157 Å². The molecule has 0 spiro atoms. The molecule has 0 radical (unpaired) electrons. The molecule has 0 saturated heterocycles. The summed E-state index contributed by atoms with van der Waals surface area (Å²) in [6, 6.07) is 8.98. The van der Waals surface area contributed by atoms with E-state index in [0.717, 1.165) is 11.8 Å². The number of aromatic nitrogens is 1. The summed E-state index contributed by atoms with van der Waals surface area (Å²) in [5.41, 5.74) is -1.58. The molecule has 0 bridgehead atoms. The molecular formula is C18H13F5N2O2S. The van der Waals surface area contributed by atoms with Gasteiger partial charge in [0.05, 0.1) is 11.3 Å². The van der Waals surface area contributed by atoms with E-state index >= 15 is 0 Å². The van der Waals surface area contributed by atoms with Crippen molar-refractivity contribution in [2.24, 2.45) is 0 Å². The molecule has 4 nitrogen and oxygen atoms in total. The van der Waals surface area contributed by atoms with E-state index in [1.165, 1.54) is 6.20 Å². The Morgan fingerprint density at radius 2 is 1.64 bits per heavy atom. The Morgan fingerprint density at radius 3 is 2.29 bits per heavy atom. The summed E-state index contributed by atoms with van der Waals surface area (Å²) in [5.74, 6) is -3.33. The number of benzene rings is 2. The fraction of sp³-hybridized carbons (Fsp3) is 0.111. The average Bonchev–Trinajstić information content (AvgIpc) is 3.06. The smallest absolute Gasteiger partial charge is 0.366 e. The number of sulfonamides is 1. The van der Waals surface area contributed by atoms with Crippen LogP contribution in [-0.4, -0.2) is 13.4 Å². The van der Waals surface area contributed by atoms with Crippen LogP contribution in [0, 0.1) is 11.6 Å². The van der Waals surface area contributed by atoms with Crippen molar-refractivity contribution >= 4 is 15.7 Å². The van der Waals surface area contributed by atoms with Crippen LogP contribution in [0.15, 0.2) is 59.8 Å². The number of anilines is 1. The van der Waals surface area contributed by atoms with Gasteiger partial charge in [-0.15, -0.1) is 0 Å². The summed E-state index contributed by atoms with van der Waals surface area (Å²) in [4.78, 5) is 2.40. The molecule has 0 amide bonds. The quantitative estimate of drug-likeness (QED) is 0.592. The topological polar surface area (TPSA) is 62.0 Å². The molecule has 0 unspecified atom stereocenters. The molecule has 3 aromatic rings. The largest absolute Gasteiger partial charge is 0.419 e. The van der Waals surface area contributed by atoms with E-state index in [2.05, 4.69) is 4.98 Å². The van der Waals surface area contributed by atoms with E-state index < -0.39 is 39.1 Å². The molecule has 0 fully saturated rings. The van der Waals surface area contributed by atoms with Gasteiger partial charge in [0.15, 0.2) is 0 Å². The highest BCUT2D eigenvalue weighted by Gasteiger charge is 2.35. The number of hydrogen-bond donors (Lipinski definition) is 2. The van der Waals surface area contributed by atoms with Crippen LogP contribution in [0.5, 0.6) is 0 Å². The Balaban J connectivity index is 1.92. The van der Waals surface area contributed by atoms with Crippen LogP contribution in [0.25, 0.3) is 0 Å². The molecule has 0 atom stereocenters. The molecule has 1 aromatic heterocycles. The predicted molar refractivity (Wildman–Crippen MR) is 92.2 cm³/mol. The van der Waals surface area contributed by atoms with Crippen molar-refractivity contribution in [3.8, 4) is 0 Å². The normalized spacial score (nSPS) is 12.2. The van der Waals surface area contributed by atoms with Crippen LogP contribution in [0.1, 0.15) is 16.7 Å². The van der Waals surface area contributed by atoms with Gasteiger partial charge < -0.3 is 4.98 Å². The first kappa shape index (κ1) is 19.9. The number of H-pyrrole nitrogens is 1. The van der Waals surface area contributed by atoms with E-state index in [4.69, 9.17) is 0 Å². The fourth-order valence-electron chi connectivity index (χ4n) is 2.63. The second-order valence-corrected chi connectivity index (χ2v) is 7.57. The maximum Gasteiger partial charge on any atom is 0.419 e. The monoisotopic (exact) mass is 416 g/mol. The average molecular weight is 416 g/mol. The minimum Gasteiger partial charge on any atom is -0.366 e.